The summed E-state index contributed by atoms with van der Waals surface area (Å²) in [6.07, 6.45) is 5.94. The number of carbonyl (C=O) groups is 1. The largest absolute Gasteiger partial charge is 0.496 e. The van der Waals surface area contributed by atoms with Gasteiger partial charge in [0.25, 0.3) is 0 Å². The molecule has 0 radical (unpaired) electrons. The molecule has 120 valence electrons. The molecule has 0 aromatic heterocycles. The molecule has 2 unspecified atom stereocenters. The second kappa shape index (κ2) is 6.69. The van der Waals surface area contributed by atoms with Crippen molar-refractivity contribution in [2.24, 2.45) is 0 Å². The zero-order chi connectivity index (χ0) is 15.5. The van der Waals surface area contributed by atoms with E-state index in [1.807, 2.05) is 12.1 Å². The van der Waals surface area contributed by atoms with Gasteiger partial charge in [-0.15, -0.1) is 0 Å². The summed E-state index contributed by atoms with van der Waals surface area (Å²) >= 11 is 0. The Labute approximate surface area is 131 Å². The SMILES string of the molecule is CCc1cc(C2OC2C(=O)OC2CCCCC2)ccc1OC. The number of hydrogen-bond donors (Lipinski definition) is 0. The van der Waals surface area contributed by atoms with E-state index in [0.29, 0.717) is 0 Å². The van der Waals surface area contributed by atoms with E-state index in [-0.39, 0.29) is 18.2 Å². The van der Waals surface area contributed by atoms with E-state index in [0.717, 1.165) is 49.0 Å². The Kier molecular flexibility index (Phi) is 4.67. The van der Waals surface area contributed by atoms with Crippen LogP contribution in [0.25, 0.3) is 0 Å². The lowest BCUT2D eigenvalue weighted by Gasteiger charge is -2.21. The Morgan fingerprint density at radius 2 is 2.05 bits per heavy atom. The van der Waals surface area contributed by atoms with Crippen LogP contribution in [0.4, 0.5) is 0 Å². The second-order valence-corrected chi connectivity index (χ2v) is 6.10. The van der Waals surface area contributed by atoms with E-state index in [1.165, 1.54) is 6.42 Å². The second-order valence-electron chi connectivity index (χ2n) is 6.10. The maximum atomic E-state index is 12.2. The Hall–Kier alpha value is -1.55. The summed E-state index contributed by atoms with van der Waals surface area (Å²) in [5, 5.41) is 0. The lowest BCUT2D eigenvalue weighted by Crippen LogP contribution is -2.23. The quantitative estimate of drug-likeness (QED) is 0.616. The van der Waals surface area contributed by atoms with Crippen LogP contribution in [0.15, 0.2) is 18.2 Å². The van der Waals surface area contributed by atoms with Crippen LogP contribution in [0, 0.1) is 0 Å². The molecule has 3 rings (SSSR count). The van der Waals surface area contributed by atoms with E-state index < -0.39 is 6.10 Å². The molecular weight excluding hydrogens is 280 g/mol. The molecule has 0 spiro atoms. The van der Waals surface area contributed by atoms with Crippen molar-refractivity contribution in [3.05, 3.63) is 29.3 Å². The molecule has 1 heterocycles. The van der Waals surface area contributed by atoms with Gasteiger partial charge in [-0.05, 0) is 55.4 Å². The maximum Gasteiger partial charge on any atom is 0.338 e. The first-order valence-corrected chi connectivity index (χ1v) is 8.25. The number of hydrogen-bond acceptors (Lipinski definition) is 4. The van der Waals surface area contributed by atoms with Crippen LogP contribution in [0.3, 0.4) is 0 Å². The highest BCUT2D eigenvalue weighted by molar-refractivity contribution is 5.78. The lowest BCUT2D eigenvalue weighted by atomic mass is 9.98. The zero-order valence-electron chi connectivity index (χ0n) is 13.3. The molecule has 4 heteroatoms. The molecular formula is C18H24O4. The van der Waals surface area contributed by atoms with Crippen LogP contribution in [-0.2, 0) is 20.7 Å². The lowest BCUT2D eigenvalue weighted by molar-refractivity contribution is -0.152. The summed E-state index contributed by atoms with van der Waals surface area (Å²) in [6, 6.07) is 5.98. The molecule has 1 aliphatic heterocycles. The van der Waals surface area contributed by atoms with Crippen molar-refractivity contribution in [1.82, 2.24) is 0 Å². The van der Waals surface area contributed by atoms with Crippen molar-refractivity contribution in [1.29, 1.82) is 0 Å². The summed E-state index contributed by atoms with van der Waals surface area (Å²) in [7, 11) is 1.67. The summed E-state index contributed by atoms with van der Waals surface area (Å²) < 4.78 is 16.5. The molecule has 22 heavy (non-hydrogen) atoms. The molecule has 1 saturated carbocycles. The van der Waals surface area contributed by atoms with E-state index in [1.54, 1.807) is 7.11 Å². The van der Waals surface area contributed by atoms with Crippen LogP contribution < -0.4 is 4.74 Å². The third kappa shape index (κ3) is 3.27. The predicted octanol–water partition coefficient (Wildman–Crippen LogP) is 3.57. The van der Waals surface area contributed by atoms with Gasteiger partial charge >= 0.3 is 5.97 Å². The molecule has 1 aromatic carbocycles. The fourth-order valence-electron chi connectivity index (χ4n) is 3.21. The number of esters is 1. The van der Waals surface area contributed by atoms with Gasteiger partial charge in [-0.1, -0.05) is 19.4 Å². The highest BCUT2D eigenvalue weighted by atomic mass is 16.6. The van der Waals surface area contributed by atoms with Gasteiger partial charge in [0.15, 0.2) is 6.10 Å². The van der Waals surface area contributed by atoms with Gasteiger partial charge in [0, 0.05) is 0 Å². The van der Waals surface area contributed by atoms with E-state index in [4.69, 9.17) is 14.2 Å². The molecule has 1 aromatic rings. The minimum Gasteiger partial charge on any atom is -0.496 e. The Morgan fingerprint density at radius 1 is 1.27 bits per heavy atom. The van der Waals surface area contributed by atoms with Gasteiger partial charge in [-0.2, -0.15) is 0 Å². The number of rotatable bonds is 5. The summed E-state index contributed by atoms with van der Waals surface area (Å²) in [4.78, 5) is 12.2. The van der Waals surface area contributed by atoms with Crippen LogP contribution in [0.5, 0.6) is 5.75 Å². The van der Waals surface area contributed by atoms with Crippen molar-refractivity contribution < 1.29 is 19.0 Å². The van der Waals surface area contributed by atoms with Crippen molar-refractivity contribution in [3.8, 4) is 5.75 Å². The highest BCUT2D eigenvalue weighted by Gasteiger charge is 2.48. The molecule has 2 aliphatic rings. The first-order chi connectivity index (χ1) is 10.7. The third-order valence-corrected chi connectivity index (χ3v) is 4.57. The summed E-state index contributed by atoms with van der Waals surface area (Å²) in [6.45, 7) is 2.09. The smallest absolute Gasteiger partial charge is 0.338 e. The molecule has 0 amide bonds. The number of ether oxygens (including phenoxy) is 3. The van der Waals surface area contributed by atoms with Crippen molar-refractivity contribution in [2.45, 2.75) is 63.8 Å². The number of epoxide rings is 1. The van der Waals surface area contributed by atoms with Gasteiger partial charge in [0.1, 0.15) is 18.0 Å². The molecule has 1 aliphatic carbocycles. The molecule has 2 atom stereocenters. The number of carbonyl (C=O) groups excluding carboxylic acids is 1. The van der Waals surface area contributed by atoms with Crippen LogP contribution in [-0.4, -0.2) is 25.3 Å². The van der Waals surface area contributed by atoms with Gasteiger partial charge in [-0.3, -0.25) is 0 Å². The fraction of sp³-hybridized carbons (Fsp3) is 0.611. The highest BCUT2D eigenvalue weighted by Crippen LogP contribution is 2.41. The normalized spacial score (nSPS) is 24.8. The van der Waals surface area contributed by atoms with Gasteiger partial charge in [0.05, 0.1) is 7.11 Å². The van der Waals surface area contributed by atoms with Crippen LogP contribution in [0.2, 0.25) is 0 Å². The van der Waals surface area contributed by atoms with Gasteiger partial charge in [-0.25, -0.2) is 4.79 Å². The Bertz CT molecular complexity index is 534. The molecule has 4 nitrogen and oxygen atoms in total. The fourth-order valence-corrected chi connectivity index (χ4v) is 3.21. The summed E-state index contributed by atoms with van der Waals surface area (Å²) in [5.74, 6) is 0.680. The minimum absolute atomic E-state index is 0.0909. The predicted molar refractivity (Wildman–Crippen MR) is 83.0 cm³/mol. The number of methoxy groups -OCH3 is 1. The molecule has 2 fully saturated rings. The number of benzene rings is 1. The first kappa shape index (κ1) is 15.3. The Balaban J connectivity index is 1.60. The average molecular weight is 304 g/mol. The molecule has 0 bridgehead atoms. The standard InChI is InChI=1S/C18H24O4/c1-3-12-11-13(9-10-15(12)20-2)16-17(22-16)18(19)21-14-7-5-4-6-8-14/h9-11,14,16-17H,3-8H2,1-2H3. The topological polar surface area (TPSA) is 48.1 Å². The minimum atomic E-state index is -0.431. The summed E-state index contributed by atoms with van der Waals surface area (Å²) in [5.41, 5.74) is 2.16. The van der Waals surface area contributed by atoms with Crippen molar-refractivity contribution in [2.75, 3.05) is 7.11 Å². The van der Waals surface area contributed by atoms with Crippen LogP contribution in [0.1, 0.15) is 56.3 Å². The average Bonchev–Trinajstić information content (AvgIpc) is 3.36. The first-order valence-electron chi connectivity index (χ1n) is 8.25. The van der Waals surface area contributed by atoms with Crippen molar-refractivity contribution in [3.63, 3.8) is 0 Å². The van der Waals surface area contributed by atoms with Crippen LogP contribution >= 0.6 is 0 Å². The van der Waals surface area contributed by atoms with E-state index in [9.17, 15) is 4.79 Å². The van der Waals surface area contributed by atoms with Gasteiger partial charge < -0.3 is 14.2 Å². The third-order valence-electron chi connectivity index (χ3n) is 4.57. The molecule has 1 saturated heterocycles. The van der Waals surface area contributed by atoms with Crippen molar-refractivity contribution >= 4 is 5.97 Å². The van der Waals surface area contributed by atoms with E-state index in [2.05, 4.69) is 13.0 Å². The zero-order valence-corrected chi connectivity index (χ0v) is 13.3. The van der Waals surface area contributed by atoms with E-state index >= 15 is 0 Å². The number of aryl methyl sites for hydroxylation is 1. The van der Waals surface area contributed by atoms with Gasteiger partial charge in [0.2, 0.25) is 0 Å². The maximum absolute atomic E-state index is 12.2. The molecule has 0 N–H and O–H groups in total. The monoisotopic (exact) mass is 304 g/mol. The Morgan fingerprint density at radius 3 is 2.73 bits per heavy atom.